The molecule has 0 aromatic heterocycles. The number of likely N-dealkylation sites (tertiary alicyclic amines) is 1. The van der Waals surface area contributed by atoms with Crippen molar-refractivity contribution in [2.75, 3.05) is 25.9 Å². The van der Waals surface area contributed by atoms with Crippen molar-refractivity contribution < 1.29 is 8.42 Å². The molecule has 1 aliphatic rings. The molecule has 0 spiro atoms. The minimum Gasteiger partial charge on any atom is -0.330 e. The fraction of sp³-hybridized carbons (Fsp3) is 0.571. The Balaban J connectivity index is 2.22. The third kappa shape index (κ3) is 3.55. The summed E-state index contributed by atoms with van der Waals surface area (Å²) >= 11 is 0. The summed E-state index contributed by atoms with van der Waals surface area (Å²) < 4.78 is 22.9. The van der Waals surface area contributed by atoms with Gasteiger partial charge in [0, 0.05) is 12.3 Å². The maximum Gasteiger partial charge on any atom is 0.175 e. The highest BCUT2D eigenvalue weighted by molar-refractivity contribution is 7.90. The lowest BCUT2D eigenvalue weighted by Crippen LogP contribution is -2.27. The summed E-state index contributed by atoms with van der Waals surface area (Å²) in [6.45, 7) is 2.87. The largest absolute Gasteiger partial charge is 0.330 e. The first-order valence-electron chi connectivity index (χ1n) is 6.76. The molecule has 0 bridgehead atoms. The van der Waals surface area contributed by atoms with Crippen LogP contribution in [0.15, 0.2) is 29.2 Å². The van der Waals surface area contributed by atoms with Crippen LogP contribution in [0, 0.1) is 0 Å². The van der Waals surface area contributed by atoms with Gasteiger partial charge in [0.05, 0.1) is 4.90 Å². The Labute approximate surface area is 115 Å². The standard InChI is InChI=1S/C14H22N2O2S/c1-19(17,18)13-6-4-12(5-7-13)14(8-9-15)16-10-2-3-11-16/h4-7,14H,2-3,8-11,15H2,1H3. The summed E-state index contributed by atoms with van der Waals surface area (Å²) in [7, 11) is -3.11. The van der Waals surface area contributed by atoms with Gasteiger partial charge in [-0.2, -0.15) is 0 Å². The van der Waals surface area contributed by atoms with E-state index in [0.29, 0.717) is 17.5 Å². The molecule has 1 atom stereocenters. The first-order valence-corrected chi connectivity index (χ1v) is 8.65. The van der Waals surface area contributed by atoms with E-state index in [0.717, 1.165) is 19.5 Å². The molecule has 0 radical (unpaired) electrons. The predicted octanol–water partition coefficient (Wildman–Crippen LogP) is 1.58. The van der Waals surface area contributed by atoms with Crippen molar-refractivity contribution in [2.24, 2.45) is 5.73 Å². The average Bonchev–Trinajstić information content (AvgIpc) is 2.89. The molecule has 1 fully saturated rings. The first-order chi connectivity index (χ1) is 9.02. The van der Waals surface area contributed by atoms with E-state index in [9.17, 15) is 8.42 Å². The van der Waals surface area contributed by atoms with Gasteiger partial charge in [-0.3, -0.25) is 4.90 Å². The Hall–Kier alpha value is -0.910. The zero-order valence-electron chi connectivity index (χ0n) is 11.4. The van der Waals surface area contributed by atoms with E-state index in [2.05, 4.69) is 4.90 Å². The summed E-state index contributed by atoms with van der Waals surface area (Å²) in [5, 5.41) is 0. The molecule has 0 amide bonds. The van der Waals surface area contributed by atoms with Crippen molar-refractivity contribution in [1.29, 1.82) is 0 Å². The molecule has 1 aromatic rings. The summed E-state index contributed by atoms with van der Waals surface area (Å²) in [5.41, 5.74) is 6.88. The Morgan fingerprint density at radius 1 is 1.21 bits per heavy atom. The number of hydrogen-bond donors (Lipinski definition) is 1. The van der Waals surface area contributed by atoms with Gasteiger partial charge in [-0.25, -0.2) is 8.42 Å². The molecule has 2 rings (SSSR count). The van der Waals surface area contributed by atoms with Crippen LogP contribution in [0.2, 0.25) is 0 Å². The Morgan fingerprint density at radius 2 is 1.79 bits per heavy atom. The molecular formula is C14H22N2O2S. The van der Waals surface area contributed by atoms with Crippen LogP contribution in [-0.2, 0) is 9.84 Å². The maximum atomic E-state index is 11.5. The SMILES string of the molecule is CS(=O)(=O)c1ccc(C(CCN)N2CCCC2)cc1. The molecule has 19 heavy (non-hydrogen) atoms. The zero-order chi connectivity index (χ0) is 13.9. The molecule has 1 heterocycles. The first kappa shape index (κ1) is 14.5. The van der Waals surface area contributed by atoms with Gasteiger partial charge in [-0.05, 0) is 56.6 Å². The predicted molar refractivity (Wildman–Crippen MR) is 76.8 cm³/mol. The van der Waals surface area contributed by atoms with Gasteiger partial charge < -0.3 is 5.73 Å². The van der Waals surface area contributed by atoms with Crippen molar-refractivity contribution in [2.45, 2.75) is 30.2 Å². The van der Waals surface area contributed by atoms with Crippen LogP contribution in [-0.4, -0.2) is 39.2 Å². The number of sulfone groups is 1. The topological polar surface area (TPSA) is 63.4 Å². The minimum atomic E-state index is -3.11. The molecule has 1 aromatic carbocycles. The number of hydrogen-bond acceptors (Lipinski definition) is 4. The Morgan fingerprint density at radius 3 is 2.26 bits per heavy atom. The summed E-state index contributed by atoms with van der Waals surface area (Å²) in [6, 6.07) is 7.57. The van der Waals surface area contributed by atoms with Gasteiger partial charge in [0.2, 0.25) is 0 Å². The van der Waals surface area contributed by atoms with Crippen LogP contribution < -0.4 is 5.73 Å². The van der Waals surface area contributed by atoms with Crippen LogP contribution in [0.1, 0.15) is 30.9 Å². The van der Waals surface area contributed by atoms with Gasteiger partial charge in [0.15, 0.2) is 9.84 Å². The van der Waals surface area contributed by atoms with E-state index in [4.69, 9.17) is 5.73 Å². The molecule has 0 aliphatic carbocycles. The monoisotopic (exact) mass is 282 g/mol. The normalized spacial score (nSPS) is 18.6. The molecule has 1 aliphatic heterocycles. The number of benzene rings is 1. The highest BCUT2D eigenvalue weighted by Crippen LogP contribution is 2.28. The van der Waals surface area contributed by atoms with E-state index in [1.165, 1.54) is 24.7 Å². The third-order valence-corrected chi connectivity index (χ3v) is 4.84. The molecule has 1 unspecified atom stereocenters. The van der Waals surface area contributed by atoms with Crippen LogP contribution in [0.25, 0.3) is 0 Å². The summed E-state index contributed by atoms with van der Waals surface area (Å²) in [4.78, 5) is 2.83. The fourth-order valence-electron chi connectivity index (χ4n) is 2.71. The lowest BCUT2D eigenvalue weighted by Gasteiger charge is -2.27. The molecule has 2 N–H and O–H groups in total. The summed E-state index contributed by atoms with van der Waals surface area (Å²) in [5.74, 6) is 0. The van der Waals surface area contributed by atoms with Gasteiger partial charge in [-0.15, -0.1) is 0 Å². The van der Waals surface area contributed by atoms with Crippen molar-refractivity contribution in [3.8, 4) is 0 Å². The maximum absolute atomic E-state index is 11.5. The second-order valence-corrected chi connectivity index (χ2v) is 7.19. The lowest BCUT2D eigenvalue weighted by molar-refractivity contribution is 0.236. The number of nitrogens with two attached hydrogens (primary N) is 1. The average molecular weight is 282 g/mol. The minimum absolute atomic E-state index is 0.320. The van der Waals surface area contributed by atoms with Gasteiger partial charge in [0.25, 0.3) is 0 Å². The second-order valence-electron chi connectivity index (χ2n) is 5.18. The van der Waals surface area contributed by atoms with Gasteiger partial charge in [0.1, 0.15) is 0 Å². The van der Waals surface area contributed by atoms with Crippen molar-refractivity contribution >= 4 is 9.84 Å². The number of rotatable bonds is 5. The highest BCUT2D eigenvalue weighted by Gasteiger charge is 2.22. The molecule has 4 nitrogen and oxygen atoms in total. The molecular weight excluding hydrogens is 260 g/mol. The molecule has 106 valence electrons. The quantitative estimate of drug-likeness (QED) is 0.890. The van der Waals surface area contributed by atoms with E-state index < -0.39 is 9.84 Å². The summed E-state index contributed by atoms with van der Waals surface area (Å²) in [6.07, 6.45) is 4.63. The lowest BCUT2D eigenvalue weighted by atomic mass is 10.0. The van der Waals surface area contributed by atoms with Crippen LogP contribution in [0.5, 0.6) is 0 Å². The van der Waals surface area contributed by atoms with E-state index >= 15 is 0 Å². The highest BCUT2D eigenvalue weighted by atomic mass is 32.2. The van der Waals surface area contributed by atoms with E-state index in [1.54, 1.807) is 12.1 Å². The smallest absolute Gasteiger partial charge is 0.175 e. The third-order valence-electron chi connectivity index (χ3n) is 3.71. The van der Waals surface area contributed by atoms with Gasteiger partial charge >= 0.3 is 0 Å². The van der Waals surface area contributed by atoms with Crippen LogP contribution >= 0.6 is 0 Å². The number of nitrogens with zero attached hydrogens (tertiary/aromatic N) is 1. The zero-order valence-corrected chi connectivity index (χ0v) is 12.2. The van der Waals surface area contributed by atoms with Gasteiger partial charge in [-0.1, -0.05) is 12.1 Å². The molecule has 1 saturated heterocycles. The second kappa shape index (κ2) is 6.03. The van der Waals surface area contributed by atoms with Crippen molar-refractivity contribution in [3.63, 3.8) is 0 Å². The molecule has 0 saturated carbocycles. The Bertz CT molecular complexity index is 505. The fourth-order valence-corrected chi connectivity index (χ4v) is 3.34. The van der Waals surface area contributed by atoms with E-state index in [1.807, 2.05) is 12.1 Å². The Kier molecular flexibility index (Phi) is 4.60. The van der Waals surface area contributed by atoms with Crippen LogP contribution in [0.4, 0.5) is 0 Å². The van der Waals surface area contributed by atoms with Crippen molar-refractivity contribution in [3.05, 3.63) is 29.8 Å². The van der Waals surface area contributed by atoms with Crippen molar-refractivity contribution in [1.82, 2.24) is 4.90 Å². The van der Waals surface area contributed by atoms with E-state index in [-0.39, 0.29) is 0 Å². The molecule has 5 heteroatoms. The van der Waals surface area contributed by atoms with Crippen LogP contribution in [0.3, 0.4) is 0 Å².